The van der Waals surface area contributed by atoms with Crippen molar-refractivity contribution >= 4 is 41.2 Å². The molecule has 1 aliphatic rings. The number of pyridine rings is 1. The van der Waals surface area contributed by atoms with Crippen molar-refractivity contribution in [3.63, 3.8) is 0 Å². The van der Waals surface area contributed by atoms with Gasteiger partial charge in [-0.3, -0.25) is 19.4 Å². The zero-order chi connectivity index (χ0) is 31.8. The van der Waals surface area contributed by atoms with Gasteiger partial charge in [0.1, 0.15) is 17.1 Å². The number of hydrogen-bond acceptors (Lipinski definition) is 6. The number of carbonyl (C=O) groups excluding carboxylic acids is 3. The lowest BCUT2D eigenvalue weighted by Gasteiger charge is -2.26. The zero-order valence-electron chi connectivity index (χ0n) is 25.9. The monoisotopic (exact) mass is 609 g/mol. The van der Waals surface area contributed by atoms with Gasteiger partial charge in [-0.2, -0.15) is 0 Å². The third kappa shape index (κ3) is 8.27. The number of aryl methyl sites for hydroxylation is 2. The number of piperidine rings is 1. The average molecular weight is 610 g/mol. The summed E-state index contributed by atoms with van der Waals surface area (Å²) in [5.74, 6) is -0.105. The summed E-state index contributed by atoms with van der Waals surface area (Å²) in [6.45, 7) is 3.56. The second-order valence-corrected chi connectivity index (χ2v) is 11.1. The molecule has 0 atom stereocenters. The number of rotatable bonds is 11. The first-order valence-corrected chi connectivity index (χ1v) is 15.0. The third-order valence-electron chi connectivity index (χ3n) is 7.76. The van der Waals surface area contributed by atoms with E-state index < -0.39 is 0 Å². The van der Waals surface area contributed by atoms with Gasteiger partial charge in [-0.15, -0.1) is 0 Å². The summed E-state index contributed by atoms with van der Waals surface area (Å²) < 4.78 is 8.50. The minimum absolute atomic E-state index is 0.186. The van der Waals surface area contributed by atoms with Crippen LogP contribution in [0.25, 0.3) is 12.2 Å². The van der Waals surface area contributed by atoms with E-state index in [1.807, 2.05) is 36.4 Å². The van der Waals surface area contributed by atoms with Crippen LogP contribution in [0.3, 0.4) is 0 Å². The molecule has 11 heteroatoms. The number of nitrogens with one attached hydrogen (secondary N) is 3. The van der Waals surface area contributed by atoms with Gasteiger partial charge in [0.25, 0.3) is 17.7 Å². The van der Waals surface area contributed by atoms with Crippen LogP contribution in [0.15, 0.2) is 67.1 Å². The molecular weight excluding hydrogens is 570 g/mol. The van der Waals surface area contributed by atoms with Gasteiger partial charge in [0.15, 0.2) is 0 Å². The molecule has 3 N–H and O–H groups in total. The van der Waals surface area contributed by atoms with E-state index in [4.69, 9.17) is 4.74 Å². The van der Waals surface area contributed by atoms with E-state index in [0.717, 1.165) is 30.9 Å². The van der Waals surface area contributed by atoms with E-state index >= 15 is 0 Å². The summed E-state index contributed by atoms with van der Waals surface area (Å²) in [6, 6.07) is 14.4. The van der Waals surface area contributed by atoms with Crippen LogP contribution in [0.2, 0.25) is 0 Å². The Kier molecular flexibility index (Phi) is 10.1. The average Bonchev–Trinajstić information content (AvgIpc) is 3.61. The quantitative estimate of drug-likeness (QED) is 0.228. The van der Waals surface area contributed by atoms with Crippen molar-refractivity contribution in [2.45, 2.75) is 19.3 Å². The van der Waals surface area contributed by atoms with Gasteiger partial charge < -0.3 is 34.7 Å². The maximum Gasteiger partial charge on any atom is 0.272 e. The number of aromatic nitrogens is 3. The number of anilines is 2. The van der Waals surface area contributed by atoms with Gasteiger partial charge in [0.05, 0.1) is 29.7 Å². The largest absolute Gasteiger partial charge is 0.497 e. The summed E-state index contributed by atoms with van der Waals surface area (Å²) >= 11 is 0. The Hall–Kier alpha value is -5.16. The first kappa shape index (κ1) is 31.3. The fourth-order valence-electron chi connectivity index (χ4n) is 5.25. The predicted octanol–water partition coefficient (Wildman–Crippen LogP) is 4.66. The molecule has 4 heterocycles. The van der Waals surface area contributed by atoms with Crippen LogP contribution in [0.1, 0.15) is 61.9 Å². The standard InChI is InChI=1S/C34H39N7O4/c1-39-23-28(19-30(39)33(43)35-15-18-41-16-5-4-6-17-41)38-34(44)31-20-27(22-40(31)2)37-32(42)25-10-12-26(36-21-25)11-7-24-8-13-29(45-3)14-9-24/h7-14,19-23H,4-6,15-18H2,1-3H3,(H,35,43)(H,37,42)(H,38,44)/b11-7+. The maximum atomic E-state index is 13.1. The van der Waals surface area contributed by atoms with Crippen molar-refractivity contribution in [2.75, 3.05) is 43.9 Å². The van der Waals surface area contributed by atoms with Crippen LogP contribution >= 0.6 is 0 Å². The highest BCUT2D eigenvalue weighted by Crippen LogP contribution is 2.19. The molecule has 0 aliphatic carbocycles. The molecule has 1 saturated heterocycles. The number of nitrogens with zero attached hydrogens (tertiary/aromatic N) is 4. The smallest absolute Gasteiger partial charge is 0.272 e. The van der Waals surface area contributed by atoms with E-state index in [-0.39, 0.29) is 17.7 Å². The molecule has 45 heavy (non-hydrogen) atoms. The first-order chi connectivity index (χ1) is 21.8. The van der Waals surface area contributed by atoms with Crippen LogP contribution in [0.4, 0.5) is 11.4 Å². The van der Waals surface area contributed by atoms with Crippen molar-refractivity contribution in [3.8, 4) is 5.75 Å². The lowest BCUT2D eigenvalue weighted by molar-refractivity contribution is 0.0937. The van der Waals surface area contributed by atoms with E-state index in [0.29, 0.717) is 40.6 Å². The van der Waals surface area contributed by atoms with Crippen molar-refractivity contribution in [1.82, 2.24) is 24.3 Å². The molecule has 1 aromatic carbocycles. The Morgan fingerprint density at radius 1 is 0.822 bits per heavy atom. The van der Waals surface area contributed by atoms with Crippen molar-refractivity contribution in [2.24, 2.45) is 14.1 Å². The lowest BCUT2D eigenvalue weighted by atomic mass is 10.1. The Morgan fingerprint density at radius 3 is 2.09 bits per heavy atom. The summed E-state index contributed by atoms with van der Waals surface area (Å²) in [5, 5.41) is 8.66. The van der Waals surface area contributed by atoms with Crippen LogP contribution in [-0.4, -0.2) is 70.0 Å². The molecule has 1 aliphatic heterocycles. The molecule has 11 nitrogen and oxygen atoms in total. The molecule has 0 spiro atoms. The second-order valence-electron chi connectivity index (χ2n) is 11.1. The fraction of sp³-hybridized carbons (Fsp3) is 0.294. The molecular formula is C34H39N7O4. The highest BCUT2D eigenvalue weighted by molar-refractivity contribution is 6.07. The molecule has 234 valence electrons. The lowest BCUT2D eigenvalue weighted by Crippen LogP contribution is -2.38. The van der Waals surface area contributed by atoms with Gasteiger partial charge in [0, 0.05) is 45.8 Å². The van der Waals surface area contributed by atoms with E-state index in [1.54, 1.807) is 67.0 Å². The van der Waals surface area contributed by atoms with E-state index in [1.165, 1.54) is 25.5 Å². The predicted molar refractivity (Wildman–Crippen MR) is 176 cm³/mol. The maximum absolute atomic E-state index is 13.1. The summed E-state index contributed by atoms with van der Waals surface area (Å²) in [7, 11) is 5.12. The number of likely N-dealkylation sites (tertiary alicyclic amines) is 1. The topological polar surface area (TPSA) is 123 Å². The highest BCUT2D eigenvalue weighted by atomic mass is 16.5. The van der Waals surface area contributed by atoms with Crippen LogP contribution in [0, 0.1) is 0 Å². The summed E-state index contributed by atoms with van der Waals surface area (Å²) in [6.07, 6.45) is 12.4. The Labute approximate surface area is 262 Å². The molecule has 5 rings (SSSR count). The summed E-state index contributed by atoms with van der Waals surface area (Å²) in [4.78, 5) is 45.5. The SMILES string of the molecule is COc1ccc(/C=C/c2ccc(C(=O)Nc3cc(C(=O)Nc4cc(C(=O)NCCN5CCCCC5)n(C)c4)n(C)c3)cn2)cc1. The minimum Gasteiger partial charge on any atom is -0.497 e. The number of amides is 3. The van der Waals surface area contributed by atoms with Crippen LogP contribution in [0.5, 0.6) is 5.75 Å². The molecule has 3 amide bonds. The second kappa shape index (κ2) is 14.5. The molecule has 3 aromatic heterocycles. The Bertz CT molecular complexity index is 1660. The zero-order valence-corrected chi connectivity index (χ0v) is 25.9. The number of ether oxygens (including phenoxy) is 1. The number of methoxy groups -OCH3 is 1. The minimum atomic E-state index is -0.365. The van der Waals surface area contributed by atoms with Gasteiger partial charge in [0.2, 0.25) is 0 Å². The van der Waals surface area contributed by atoms with Crippen LogP contribution < -0.4 is 20.7 Å². The first-order valence-electron chi connectivity index (χ1n) is 15.0. The molecule has 1 fully saturated rings. The number of carbonyl (C=O) groups is 3. The molecule has 0 unspecified atom stereocenters. The normalized spacial score (nSPS) is 13.5. The Balaban J connectivity index is 1.14. The molecule has 0 radical (unpaired) electrons. The van der Waals surface area contributed by atoms with Crippen LogP contribution in [-0.2, 0) is 14.1 Å². The molecule has 0 bridgehead atoms. The third-order valence-corrected chi connectivity index (χ3v) is 7.76. The van der Waals surface area contributed by atoms with Gasteiger partial charge in [-0.1, -0.05) is 24.6 Å². The van der Waals surface area contributed by atoms with Crippen molar-refractivity contribution < 1.29 is 19.1 Å². The molecule has 4 aromatic rings. The van der Waals surface area contributed by atoms with Gasteiger partial charge >= 0.3 is 0 Å². The van der Waals surface area contributed by atoms with Gasteiger partial charge in [-0.25, -0.2) is 0 Å². The van der Waals surface area contributed by atoms with E-state index in [9.17, 15) is 14.4 Å². The number of benzene rings is 1. The fourth-order valence-corrected chi connectivity index (χ4v) is 5.25. The van der Waals surface area contributed by atoms with Gasteiger partial charge in [-0.05, 0) is 74.0 Å². The van der Waals surface area contributed by atoms with Crippen molar-refractivity contribution in [3.05, 3.63) is 95.3 Å². The summed E-state index contributed by atoms with van der Waals surface area (Å²) in [5.41, 5.74) is 3.87. The van der Waals surface area contributed by atoms with Crippen molar-refractivity contribution in [1.29, 1.82) is 0 Å². The highest BCUT2D eigenvalue weighted by Gasteiger charge is 2.18. The van der Waals surface area contributed by atoms with E-state index in [2.05, 4.69) is 25.8 Å². The number of hydrogen-bond donors (Lipinski definition) is 3. The molecule has 0 saturated carbocycles. The Morgan fingerprint density at radius 2 is 1.47 bits per heavy atom.